The van der Waals surface area contributed by atoms with Crippen molar-refractivity contribution >= 4 is 11.3 Å². The van der Waals surface area contributed by atoms with Gasteiger partial charge in [0.15, 0.2) is 0 Å². The van der Waals surface area contributed by atoms with Crippen molar-refractivity contribution in [2.45, 2.75) is 18.9 Å². The Morgan fingerprint density at radius 2 is 2.06 bits per heavy atom. The third-order valence-electron chi connectivity index (χ3n) is 2.53. The first-order valence-electron chi connectivity index (χ1n) is 5.67. The van der Waals surface area contributed by atoms with Crippen LogP contribution in [0.3, 0.4) is 0 Å². The highest BCUT2D eigenvalue weighted by molar-refractivity contribution is 7.09. The molecule has 1 atom stereocenters. The molecular weight excluding hydrogens is 232 g/mol. The highest BCUT2D eigenvalue weighted by Gasteiger charge is 2.09. The van der Waals surface area contributed by atoms with E-state index in [0.29, 0.717) is 19.4 Å². The van der Waals surface area contributed by atoms with E-state index in [1.54, 1.807) is 11.3 Å². The van der Waals surface area contributed by atoms with Crippen LogP contribution in [0.5, 0.6) is 0 Å². The lowest BCUT2D eigenvalue weighted by molar-refractivity contribution is 0.167. The van der Waals surface area contributed by atoms with Crippen LogP contribution in [0.2, 0.25) is 0 Å². The van der Waals surface area contributed by atoms with E-state index in [1.807, 2.05) is 35.7 Å². The summed E-state index contributed by atoms with van der Waals surface area (Å²) >= 11 is 1.59. The van der Waals surface area contributed by atoms with Crippen molar-refractivity contribution in [3.05, 3.63) is 40.7 Å². The number of benzene rings is 1. The molecule has 2 rings (SSSR count). The molecule has 1 aromatic carbocycles. The summed E-state index contributed by atoms with van der Waals surface area (Å²) in [6, 6.07) is 10.1. The molecule has 0 amide bonds. The van der Waals surface area contributed by atoms with Crippen LogP contribution in [0.1, 0.15) is 11.4 Å². The number of hydrogen-bond donors (Lipinski definition) is 2. The van der Waals surface area contributed by atoms with E-state index < -0.39 is 0 Å². The predicted octanol–water partition coefficient (Wildman–Crippen LogP) is 2.06. The van der Waals surface area contributed by atoms with E-state index >= 15 is 0 Å². The van der Waals surface area contributed by atoms with Crippen molar-refractivity contribution in [1.29, 1.82) is 0 Å². The number of thiazole rings is 1. The van der Waals surface area contributed by atoms with Gasteiger partial charge in [-0.25, -0.2) is 4.98 Å². The standard InChI is InChI=1S/C13H16N2OS/c14-7-6-11(16)8-13-15-12(9-17-13)10-4-2-1-3-5-10/h1-5,9,11,16H,6-8,14H2. The molecule has 0 aliphatic carbocycles. The Bertz CT molecular complexity index is 455. The number of aromatic nitrogens is 1. The maximum atomic E-state index is 9.67. The molecule has 2 aromatic rings. The molecule has 0 aliphatic heterocycles. The molecule has 1 aromatic heterocycles. The van der Waals surface area contributed by atoms with E-state index in [1.165, 1.54) is 0 Å². The maximum absolute atomic E-state index is 9.67. The van der Waals surface area contributed by atoms with Gasteiger partial charge in [0.1, 0.15) is 0 Å². The number of aliphatic hydroxyl groups is 1. The molecule has 17 heavy (non-hydrogen) atoms. The molecular formula is C13H16N2OS. The van der Waals surface area contributed by atoms with Gasteiger partial charge in [0.05, 0.1) is 16.8 Å². The quantitative estimate of drug-likeness (QED) is 0.851. The third kappa shape index (κ3) is 3.36. The van der Waals surface area contributed by atoms with Crippen LogP contribution in [0.25, 0.3) is 11.3 Å². The number of rotatable bonds is 5. The Hall–Kier alpha value is -1.23. The van der Waals surface area contributed by atoms with Gasteiger partial charge in [-0.05, 0) is 13.0 Å². The first-order valence-corrected chi connectivity index (χ1v) is 6.55. The van der Waals surface area contributed by atoms with Crippen molar-refractivity contribution in [2.75, 3.05) is 6.54 Å². The number of nitrogens with zero attached hydrogens (tertiary/aromatic N) is 1. The van der Waals surface area contributed by atoms with Crippen LogP contribution >= 0.6 is 11.3 Å². The summed E-state index contributed by atoms with van der Waals surface area (Å²) in [6.07, 6.45) is 0.837. The van der Waals surface area contributed by atoms with Crippen LogP contribution in [0.15, 0.2) is 35.7 Å². The lowest BCUT2D eigenvalue weighted by atomic mass is 10.2. The second-order valence-corrected chi connectivity index (χ2v) is 4.87. The average molecular weight is 248 g/mol. The molecule has 90 valence electrons. The lowest BCUT2D eigenvalue weighted by Gasteiger charge is -2.05. The van der Waals surface area contributed by atoms with Crippen molar-refractivity contribution in [1.82, 2.24) is 4.98 Å². The molecule has 1 heterocycles. The molecule has 0 bridgehead atoms. The normalized spacial score (nSPS) is 12.6. The molecule has 0 aliphatic rings. The van der Waals surface area contributed by atoms with E-state index in [2.05, 4.69) is 4.98 Å². The van der Waals surface area contributed by atoms with Crippen LogP contribution in [-0.4, -0.2) is 22.7 Å². The van der Waals surface area contributed by atoms with Gasteiger partial charge in [0, 0.05) is 17.4 Å². The van der Waals surface area contributed by atoms with Gasteiger partial charge in [-0.3, -0.25) is 0 Å². The minimum absolute atomic E-state index is 0.380. The fraction of sp³-hybridized carbons (Fsp3) is 0.308. The first kappa shape index (κ1) is 12.2. The van der Waals surface area contributed by atoms with Crippen LogP contribution in [0.4, 0.5) is 0 Å². The molecule has 1 unspecified atom stereocenters. The van der Waals surface area contributed by atoms with Gasteiger partial charge in [0.25, 0.3) is 0 Å². The highest BCUT2D eigenvalue weighted by Crippen LogP contribution is 2.22. The molecule has 0 spiro atoms. The summed E-state index contributed by atoms with van der Waals surface area (Å²) in [4.78, 5) is 4.52. The minimum atomic E-state index is -0.380. The zero-order valence-electron chi connectivity index (χ0n) is 9.54. The number of hydrogen-bond acceptors (Lipinski definition) is 4. The molecule has 0 saturated heterocycles. The Morgan fingerprint density at radius 1 is 1.29 bits per heavy atom. The van der Waals surface area contributed by atoms with E-state index in [9.17, 15) is 5.11 Å². The second kappa shape index (κ2) is 5.91. The van der Waals surface area contributed by atoms with Crippen molar-refractivity contribution in [2.24, 2.45) is 5.73 Å². The van der Waals surface area contributed by atoms with Crippen LogP contribution in [-0.2, 0) is 6.42 Å². The monoisotopic (exact) mass is 248 g/mol. The molecule has 4 heteroatoms. The molecule has 3 nitrogen and oxygen atoms in total. The van der Waals surface area contributed by atoms with Gasteiger partial charge < -0.3 is 10.8 Å². The fourth-order valence-electron chi connectivity index (χ4n) is 1.64. The van der Waals surface area contributed by atoms with Gasteiger partial charge in [0.2, 0.25) is 0 Å². The summed E-state index contributed by atoms with van der Waals surface area (Å²) < 4.78 is 0. The molecule has 0 radical (unpaired) electrons. The van der Waals surface area contributed by atoms with Crippen LogP contribution in [0, 0.1) is 0 Å². The zero-order chi connectivity index (χ0) is 12.1. The largest absolute Gasteiger partial charge is 0.393 e. The van der Waals surface area contributed by atoms with Crippen molar-refractivity contribution in [3.8, 4) is 11.3 Å². The summed E-state index contributed by atoms with van der Waals surface area (Å²) in [6.45, 7) is 0.512. The smallest absolute Gasteiger partial charge is 0.0958 e. The Morgan fingerprint density at radius 3 is 2.76 bits per heavy atom. The second-order valence-electron chi connectivity index (χ2n) is 3.93. The first-order chi connectivity index (χ1) is 8.29. The van der Waals surface area contributed by atoms with Gasteiger partial charge >= 0.3 is 0 Å². The average Bonchev–Trinajstić information content (AvgIpc) is 2.79. The number of nitrogens with two attached hydrogens (primary N) is 1. The predicted molar refractivity (Wildman–Crippen MR) is 70.9 cm³/mol. The minimum Gasteiger partial charge on any atom is -0.393 e. The maximum Gasteiger partial charge on any atom is 0.0958 e. The van der Waals surface area contributed by atoms with Gasteiger partial charge in [-0.15, -0.1) is 11.3 Å². The summed E-state index contributed by atoms with van der Waals surface area (Å²) in [7, 11) is 0. The Balaban J connectivity index is 2.06. The van der Waals surface area contributed by atoms with Gasteiger partial charge in [-0.1, -0.05) is 30.3 Å². The van der Waals surface area contributed by atoms with E-state index in [4.69, 9.17) is 5.73 Å². The summed E-state index contributed by atoms with van der Waals surface area (Å²) in [5, 5.41) is 12.7. The van der Waals surface area contributed by atoms with E-state index in [-0.39, 0.29) is 6.10 Å². The highest BCUT2D eigenvalue weighted by atomic mass is 32.1. The zero-order valence-corrected chi connectivity index (χ0v) is 10.4. The summed E-state index contributed by atoms with van der Waals surface area (Å²) in [5.74, 6) is 0. The van der Waals surface area contributed by atoms with Gasteiger partial charge in [-0.2, -0.15) is 0 Å². The van der Waals surface area contributed by atoms with Crippen molar-refractivity contribution in [3.63, 3.8) is 0 Å². The molecule has 0 fully saturated rings. The van der Waals surface area contributed by atoms with Crippen LogP contribution < -0.4 is 5.73 Å². The molecule has 0 saturated carbocycles. The fourth-order valence-corrected chi connectivity index (χ4v) is 2.52. The molecule has 3 N–H and O–H groups in total. The van der Waals surface area contributed by atoms with Crippen molar-refractivity contribution < 1.29 is 5.11 Å². The lowest BCUT2D eigenvalue weighted by Crippen LogP contribution is -2.15. The third-order valence-corrected chi connectivity index (χ3v) is 3.40. The topological polar surface area (TPSA) is 59.1 Å². The number of aliphatic hydroxyl groups excluding tert-OH is 1. The SMILES string of the molecule is NCCC(O)Cc1nc(-c2ccccc2)cs1. The Kier molecular flexibility index (Phi) is 4.25. The Labute approximate surface area is 105 Å². The van der Waals surface area contributed by atoms with E-state index in [0.717, 1.165) is 16.3 Å². The summed E-state index contributed by atoms with van der Waals surface area (Å²) in [5.41, 5.74) is 7.49.